The fourth-order valence-electron chi connectivity index (χ4n) is 1.70. The quantitative estimate of drug-likeness (QED) is 0.292. The highest BCUT2D eigenvalue weighted by Crippen LogP contribution is 2.30. The van der Waals surface area contributed by atoms with Crippen LogP contribution in [0.3, 0.4) is 0 Å². The molecule has 21 heavy (non-hydrogen) atoms. The van der Waals surface area contributed by atoms with Gasteiger partial charge in [-0.25, -0.2) is 9.97 Å². The summed E-state index contributed by atoms with van der Waals surface area (Å²) in [5.74, 6) is 1.49. The molecule has 0 saturated heterocycles. The average Bonchev–Trinajstić information content (AvgIpc) is 2.40. The standard InChI is InChI=1S/C15H15BrClIN2S/c1-15(2,3)13-12(18)14(17)20-11(19-13)8-21-10-6-4-9(16)5-7-10/h4-7H,8H2,1-3H3. The van der Waals surface area contributed by atoms with Gasteiger partial charge in [-0.3, -0.25) is 0 Å². The van der Waals surface area contributed by atoms with Crippen molar-refractivity contribution < 1.29 is 0 Å². The molecule has 1 heterocycles. The molecular weight excluding hydrogens is 483 g/mol. The van der Waals surface area contributed by atoms with E-state index in [9.17, 15) is 0 Å². The largest absolute Gasteiger partial charge is 0.235 e. The van der Waals surface area contributed by atoms with Crippen LogP contribution in [0.25, 0.3) is 0 Å². The van der Waals surface area contributed by atoms with Crippen molar-refractivity contribution >= 4 is 61.9 Å². The minimum Gasteiger partial charge on any atom is -0.235 e. The number of thioether (sulfide) groups is 1. The third kappa shape index (κ3) is 4.81. The van der Waals surface area contributed by atoms with Crippen LogP contribution in [0.2, 0.25) is 5.15 Å². The van der Waals surface area contributed by atoms with Crippen LogP contribution in [0.5, 0.6) is 0 Å². The van der Waals surface area contributed by atoms with E-state index >= 15 is 0 Å². The van der Waals surface area contributed by atoms with E-state index in [1.165, 1.54) is 4.90 Å². The van der Waals surface area contributed by atoms with E-state index in [1.807, 2.05) is 12.1 Å². The zero-order valence-electron chi connectivity index (χ0n) is 12.0. The SMILES string of the molecule is CC(C)(C)c1nc(CSc2ccc(Br)cc2)nc(Cl)c1I. The predicted molar refractivity (Wildman–Crippen MR) is 102 cm³/mol. The third-order valence-electron chi connectivity index (χ3n) is 2.75. The summed E-state index contributed by atoms with van der Waals surface area (Å²) in [5, 5.41) is 0.543. The summed E-state index contributed by atoms with van der Waals surface area (Å²) in [6.07, 6.45) is 0. The Hall–Kier alpha value is 0.150. The predicted octanol–water partition coefficient (Wildman–Crippen LogP) is 6.09. The number of nitrogens with zero attached hydrogens (tertiary/aromatic N) is 2. The van der Waals surface area contributed by atoms with Gasteiger partial charge in [0, 0.05) is 14.8 Å². The van der Waals surface area contributed by atoms with E-state index in [0.29, 0.717) is 10.9 Å². The normalized spacial score (nSPS) is 11.7. The Morgan fingerprint density at radius 2 is 1.81 bits per heavy atom. The molecule has 0 fully saturated rings. The van der Waals surface area contributed by atoms with Crippen LogP contribution < -0.4 is 0 Å². The van der Waals surface area contributed by atoms with Gasteiger partial charge in [0.25, 0.3) is 0 Å². The van der Waals surface area contributed by atoms with E-state index in [0.717, 1.165) is 19.6 Å². The minimum atomic E-state index is -0.0415. The van der Waals surface area contributed by atoms with E-state index in [4.69, 9.17) is 16.6 Å². The second kappa shape index (κ2) is 7.15. The zero-order chi connectivity index (χ0) is 15.6. The van der Waals surface area contributed by atoms with Crippen LogP contribution in [-0.4, -0.2) is 9.97 Å². The lowest BCUT2D eigenvalue weighted by Crippen LogP contribution is -2.18. The summed E-state index contributed by atoms with van der Waals surface area (Å²) in [5.41, 5.74) is 0.967. The summed E-state index contributed by atoms with van der Waals surface area (Å²) in [4.78, 5) is 10.3. The minimum absolute atomic E-state index is 0.0415. The van der Waals surface area contributed by atoms with Crippen molar-refractivity contribution in [3.8, 4) is 0 Å². The van der Waals surface area contributed by atoms with Crippen molar-refractivity contribution in [1.82, 2.24) is 9.97 Å². The van der Waals surface area contributed by atoms with E-state index < -0.39 is 0 Å². The molecule has 2 aromatic rings. The first-order valence-electron chi connectivity index (χ1n) is 6.38. The van der Waals surface area contributed by atoms with Crippen molar-refractivity contribution in [1.29, 1.82) is 0 Å². The molecule has 2 rings (SSSR count). The average molecular weight is 498 g/mol. The molecule has 0 aliphatic heterocycles. The lowest BCUT2D eigenvalue weighted by Gasteiger charge is -2.20. The molecule has 0 aliphatic rings. The van der Waals surface area contributed by atoms with Gasteiger partial charge >= 0.3 is 0 Å². The lowest BCUT2D eigenvalue weighted by atomic mass is 9.92. The van der Waals surface area contributed by atoms with Crippen LogP contribution in [0, 0.1) is 3.57 Å². The van der Waals surface area contributed by atoms with Gasteiger partial charge in [-0.2, -0.15) is 0 Å². The molecule has 0 saturated carbocycles. The second-order valence-electron chi connectivity index (χ2n) is 5.59. The highest BCUT2D eigenvalue weighted by molar-refractivity contribution is 14.1. The Kier molecular flexibility index (Phi) is 5.96. The van der Waals surface area contributed by atoms with Gasteiger partial charge in [-0.15, -0.1) is 11.8 Å². The number of hydrogen-bond acceptors (Lipinski definition) is 3. The smallest absolute Gasteiger partial charge is 0.146 e. The Bertz CT molecular complexity index is 641. The van der Waals surface area contributed by atoms with Crippen LogP contribution in [0.4, 0.5) is 0 Å². The summed E-state index contributed by atoms with van der Waals surface area (Å²) in [6.45, 7) is 6.42. The van der Waals surface area contributed by atoms with E-state index in [2.05, 4.69) is 76.4 Å². The molecule has 6 heteroatoms. The first-order valence-corrected chi connectivity index (χ1v) is 9.61. The molecule has 1 aromatic carbocycles. The Labute approximate surface area is 156 Å². The highest BCUT2D eigenvalue weighted by atomic mass is 127. The van der Waals surface area contributed by atoms with Crippen molar-refractivity contribution in [3.63, 3.8) is 0 Å². The monoisotopic (exact) mass is 496 g/mol. The van der Waals surface area contributed by atoms with Gasteiger partial charge in [-0.1, -0.05) is 48.3 Å². The van der Waals surface area contributed by atoms with Crippen LogP contribution in [-0.2, 0) is 11.2 Å². The van der Waals surface area contributed by atoms with E-state index in [1.54, 1.807) is 11.8 Å². The van der Waals surface area contributed by atoms with E-state index in [-0.39, 0.29) is 5.41 Å². The Morgan fingerprint density at radius 3 is 2.38 bits per heavy atom. The fourth-order valence-corrected chi connectivity index (χ4v) is 3.96. The maximum Gasteiger partial charge on any atom is 0.146 e. The Balaban J connectivity index is 2.21. The summed E-state index contributed by atoms with van der Waals surface area (Å²) < 4.78 is 2.02. The van der Waals surface area contributed by atoms with Gasteiger partial charge in [0.05, 0.1) is 15.0 Å². The van der Waals surface area contributed by atoms with Gasteiger partial charge in [0.1, 0.15) is 11.0 Å². The number of benzene rings is 1. The van der Waals surface area contributed by atoms with Crippen molar-refractivity contribution in [2.45, 2.75) is 36.8 Å². The van der Waals surface area contributed by atoms with Gasteiger partial charge < -0.3 is 0 Å². The molecular formula is C15H15BrClIN2S. The van der Waals surface area contributed by atoms with Crippen LogP contribution >= 0.6 is 61.9 Å². The molecule has 2 nitrogen and oxygen atoms in total. The maximum atomic E-state index is 6.25. The molecule has 0 amide bonds. The lowest BCUT2D eigenvalue weighted by molar-refractivity contribution is 0.559. The molecule has 0 N–H and O–H groups in total. The molecule has 0 atom stereocenters. The van der Waals surface area contributed by atoms with Gasteiger partial charge in [0.2, 0.25) is 0 Å². The number of aromatic nitrogens is 2. The molecule has 112 valence electrons. The summed E-state index contributed by atoms with van der Waals surface area (Å²) in [7, 11) is 0. The van der Waals surface area contributed by atoms with Gasteiger partial charge in [0.15, 0.2) is 0 Å². The molecule has 0 unspecified atom stereocenters. The first-order chi connectivity index (χ1) is 9.77. The fraction of sp³-hybridized carbons (Fsp3) is 0.333. The topological polar surface area (TPSA) is 25.8 Å². The number of halogens is 3. The third-order valence-corrected chi connectivity index (χ3v) is 5.90. The van der Waals surface area contributed by atoms with Crippen molar-refractivity contribution in [3.05, 3.63) is 49.0 Å². The van der Waals surface area contributed by atoms with Crippen molar-refractivity contribution in [2.24, 2.45) is 0 Å². The molecule has 0 aliphatic carbocycles. The second-order valence-corrected chi connectivity index (χ2v) is 8.99. The molecule has 1 aromatic heterocycles. The van der Waals surface area contributed by atoms with Gasteiger partial charge in [-0.05, 0) is 46.9 Å². The molecule has 0 bridgehead atoms. The van der Waals surface area contributed by atoms with Crippen LogP contribution in [0.15, 0.2) is 33.6 Å². The Morgan fingerprint density at radius 1 is 1.19 bits per heavy atom. The van der Waals surface area contributed by atoms with Crippen molar-refractivity contribution in [2.75, 3.05) is 0 Å². The maximum absolute atomic E-state index is 6.25. The zero-order valence-corrected chi connectivity index (χ0v) is 17.3. The number of rotatable bonds is 3. The summed E-state index contributed by atoms with van der Waals surface area (Å²) in [6, 6.07) is 8.22. The highest BCUT2D eigenvalue weighted by Gasteiger charge is 2.22. The first kappa shape index (κ1) is 17.5. The summed E-state index contributed by atoms with van der Waals surface area (Å²) >= 11 is 13.6. The molecule has 0 radical (unpaired) electrons. The van der Waals surface area contributed by atoms with Crippen LogP contribution in [0.1, 0.15) is 32.3 Å². The molecule has 0 spiro atoms. The number of hydrogen-bond donors (Lipinski definition) is 0.